The van der Waals surface area contributed by atoms with Crippen molar-refractivity contribution in [2.45, 2.75) is 47.1 Å². The molecule has 1 unspecified atom stereocenters. The largest absolute Gasteiger partial charge is 0.490 e. The van der Waals surface area contributed by atoms with Crippen LogP contribution in [0.15, 0.2) is 36.6 Å². The van der Waals surface area contributed by atoms with Crippen molar-refractivity contribution in [1.82, 2.24) is 0 Å². The van der Waals surface area contributed by atoms with Crippen molar-refractivity contribution >= 4 is 0 Å². The first-order valence-corrected chi connectivity index (χ1v) is 5.42. The Hall–Kier alpha value is -0.980. The van der Waals surface area contributed by atoms with Crippen molar-refractivity contribution in [2.75, 3.05) is 0 Å². The molecule has 14 heavy (non-hydrogen) atoms. The van der Waals surface area contributed by atoms with Crippen molar-refractivity contribution in [1.29, 1.82) is 0 Å². The normalized spacial score (nSPS) is 18.2. The molecule has 1 nitrogen and oxygen atoms in total. The molecule has 1 aliphatic rings. The van der Waals surface area contributed by atoms with Gasteiger partial charge in [-0.25, -0.2) is 0 Å². The highest BCUT2D eigenvalue weighted by atomic mass is 16.5. The lowest BCUT2D eigenvalue weighted by atomic mass is 10.1. The Morgan fingerprint density at radius 3 is 1.93 bits per heavy atom. The number of rotatable bonds is 2. The van der Waals surface area contributed by atoms with Gasteiger partial charge >= 0.3 is 0 Å². The Morgan fingerprint density at radius 2 is 1.64 bits per heavy atom. The molecule has 0 spiro atoms. The van der Waals surface area contributed by atoms with Crippen LogP contribution in [0.25, 0.3) is 0 Å². The monoisotopic (exact) mass is 196 g/mol. The third kappa shape index (κ3) is 4.90. The summed E-state index contributed by atoms with van der Waals surface area (Å²) in [5.74, 6) is 0.891. The first kappa shape index (κ1) is 15.5. The standard InChI is InChI=1S/C9H12O.2C2H6/c1-4-8-6-7(3)10-9(8)5-2;2*1-2/h4-5,7H,1-2,6H2,3H3;2*1-2H3. The fourth-order valence-corrected chi connectivity index (χ4v) is 1.11. The van der Waals surface area contributed by atoms with Gasteiger partial charge in [-0.1, -0.05) is 46.9 Å². The molecular formula is C13H24O. The van der Waals surface area contributed by atoms with Crippen LogP contribution in [0.3, 0.4) is 0 Å². The van der Waals surface area contributed by atoms with Gasteiger partial charge in [-0.2, -0.15) is 0 Å². The van der Waals surface area contributed by atoms with E-state index < -0.39 is 0 Å². The van der Waals surface area contributed by atoms with Crippen LogP contribution in [0.2, 0.25) is 0 Å². The highest BCUT2D eigenvalue weighted by Gasteiger charge is 2.16. The van der Waals surface area contributed by atoms with Crippen LogP contribution in [0.4, 0.5) is 0 Å². The fraction of sp³-hybridized carbons (Fsp3) is 0.538. The zero-order valence-corrected chi connectivity index (χ0v) is 10.3. The van der Waals surface area contributed by atoms with E-state index in [2.05, 4.69) is 13.2 Å². The predicted octanol–water partition coefficient (Wildman–Crippen LogP) is 4.47. The minimum Gasteiger partial charge on any atom is -0.490 e. The molecule has 1 heteroatoms. The van der Waals surface area contributed by atoms with Gasteiger partial charge in [0.05, 0.1) is 0 Å². The maximum absolute atomic E-state index is 5.40. The van der Waals surface area contributed by atoms with E-state index in [1.807, 2.05) is 40.7 Å². The van der Waals surface area contributed by atoms with Crippen LogP contribution in [0.1, 0.15) is 41.0 Å². The smallest absolute Gasteiger partial charge is 0.122 e. The molecule has 0 aromatic heterocycles. The van der Waals surface area contributed by atoms with Gasteiger partial charge in [-0.05, 0) is 18.6 Å². The minimum atomic E-state index is 0.293. The first-order chi connectivity index (χ1) is 6.77. The summed E-state index contributed by atoms with van der Waals surface area (Å²) >= 11 is 0. The van der Waals surface area contributed by atoms with E-state index in [-0.39, 0.29) is 0 Å². The Kier molecular flexibility index (Phi) is 11.2. The highest BCUT2D eigenvalue weighted by molar-refractivity contribution is 5.30. The summed E-state index contributed by atoms with van der Waals surface area (Å²) in [6.07, 6.45) is 4.83. The molecule has 0 fully saturated rings. The zero-order chi connectivity index (χ0) is 11.6. The molecule has 0 saturated heterocycles. The number of hydrogen-bond donors (Lipinski definition) is 0. The summed E-state index contributed by atoms with van der Waals surface area (Å²) in [6.45, 7) is 17.4. The summed E-state index contributed by atoms with van der Waals surface area (Å²) in [5.41, 5.74) is 1.17. The lowest BCUT2D eigenvalue weighted by Gasteiger charge is -2.02. The Balaban J connectivity index is 0. The van der Waals surface area contributed by atoms with E-state index >= 15 is 0 Å². The Bertz CT molecular complexity index is 169. The average Bonchev–Trinajstić information content (AvgIpc) is 2.64. The van der Waals surface area contributed by atoms with Gasteiger partial charge in [0.25, 0.3) is 0 Å². The first-order valence-electron chi connectivity index (χ1n) is 5.42. The summed E-state index contributed by atoms with van der Waals surface area (Å²) in [6, 6.07) is 0. The quantitative estimate of drug-likeness (QED) is 0.633. The number of hydrogen-bond acceptors (Lipinski definition) is 1. The van der Waals surface area contributed by atoms with Crippen LogP contribution >= 0.6 is 0 Å². The number of allylic oxidation sites excluding steroid dienone is 2. The summed E-state index contributed by atoms with van der Waals surface area (Å²) < 4.78 is 5.40. The summed E-state index contributed by atoms with van der Waals surface area (Å²) in [7, 11) is 0. The second kappa shape index (κ2) is 10.1. The van der Waals surface area contributed by atoms with Crippen LogP contribution in [0.5, 0.6) is 0 Å². The maximum atomic E-state index is 5.40. The zero-order valence-electron chi connectivity index (χ0n) is 10.3. The van der Waals surface area contributed by atoms with Gasteiger partial charge in [-0.3, -0.25) is 0 Å². The molecule has 1 atom stereocenters. The second-order valence-electron chi connectivity index (χ2n) is 2.43. The molecule has 0 aliphatic carbocycles. The van der Waals surface area contributed by atoms with Crippen molar-refractivity contribution < 1.29 is 4.74 Å². The van der Waals surface area contributed by atoms with Crippen LogP contribution < -0.4 is 0 Å². The van der Waals surface area contributed by atoms with Gasteiger partial charge < -0.3 is 4.74 Å². The molecular weight excluding hydrogens is 172 g/mol. The third-order valence-electron chi connectivity index (χ3n) is 1.58. The number of ether oxygens (including phenoxy) is 1. The van der Waals surface area contributed by atoms with Crippen molar-refractivity contribution in [3.8, 4) is 0 Å². The van der Waals surface area contributed by atoms with Gasteiger partial charge in [0, 0.05) is 6.42 Å². The predicted molar refractivity (Wildman–Crippen MR) is 65.3 cm³/mol. The molecule has 0 saturated carbocycles. The van der Waals surface area contributed by atoms with E-state index in [9.17, 15) is 0 Å². The SMILES string of the molecule is C=CC1=C(C=C)OC(C)C1.CC.CC. The molecule has 0 aromatic rings. The molecule has 0 radical (unpaired) electrons. The molecule has 0 N–H and O–H groups in total. The van der Waals surface area contributed by atoms with Gasteiger partial charge in [0.2, 0.25) is 0 Å². The molecule has 0 bridgehead atoms. The van der Waals surface area contributed by atoms with E-state index in [1.165, 1.54) is 5.57 Å². The molecule has 0 aromatic carbocycles. The van der Waals surface area contributed by atoms with Gasteiger partial charge in [0.15, 0.2) is 0 Å². The van der Waals surface area contributed by atoms with E-state index in [0.717, 1.165) is 12.2 Å². The van der Waals surface area contributed by atoms with Crippen LogP contribution in [-0.4, -0.2) is 6.10 Å². The van der Waals surface area contributed by atoms with Crippen LogP contribution in [-0.2, 0) is 4.74 Å². The molecule has 0 amide bonds. The highest BCUT2D eigenvalue weighted by Crippen LogP contribution is 2.25. The fourth-order valence-electron chi connectivity index (χ4n) is 1.11. The van der Waals surface area contributed by atoms with Crippen molar-refractivity contribution in [2.24, 2.45) is 0 Å². The maximum Gasteiger partial charge on any atom is 0.122 e. The third-order valence-corrected chi connectivity index (χ3v) is 1.58. The van der Waals surface area contributed by atoms with E-state index in [4.69, 9.17) is 4.74 Å². The summed E-state index contributed by atoms with van der Waals surface area (Å²) in [4.78, 5) is 0. The van der Waals surface area contributed by atoms with Gasteiger partial charge in [-0.15, -0.1) is 0 Å². The molecule has 1 rings (SSSR count). The van der Waals surface area contributed by atoms with Crippen molar-refractivity contribution in [3.63, 3.8) is 0 Å². The van der Waals surface area contributed by atoms with E-state index in [1.54, 1.807) is 6.08 Å². The molecule has 1 aliphatic heterocycles. The molecule has 82 valence electrons. The topological polar surface area (TPSA) is 9.23 Å². The summed E-state index contributed by atoms with van der Waals surface area (Å²) in [5, 5.41) is 0. The average molecular weight is 196 g/mol. The lowest BCUT2D eigenvalue weighted by molar-refractivity contribution is 0.170. The van der Waals surface area contributed by atoms with Crippen LogP contribution in [0, 0.1) is 0 Å². The van der Waals surface area contributed by atoms with Gasteiger partial charge in [0.1, 0.15) is 11.9 Å². The molecule has 1 heterocycles. The lowest BCUT2D eigenvalue weighted by Crippen LogP contribution is -1.96. The second-order valence-corrected chi connectivity index (χ2v) is 2.43. The van der Waals surface area contributed by atoms with E-state index in [0.29, 0.717) is 6.10 Å². The Morgan fingerprint density at radius 1 is 1.14 bits per heavy atom. The van der Waals surface area contributed by atoms with Crippen molar-refractivity contribution in [3.05, 3.63) is 36.6 Å². The Labute approximate surface area is 89.2 Å². The minimum absolute atomic E-state index is 0.293.